The summed E-state index contributed by atoms with van der Waals surface area (Å²) in [5, 5.41) is 2.95. The Morgan fingerprint density at radius 2 is 2.14 bits per heavy atom. The highest BCUT2D eigenvalue weighted by Crippen LogP contribution is 2.31. The normalized spacial score (nSPS) is 17.2. The van der Waals surface area contributed by atoms with Crippen LogP contribution in [0.3, 0.4) is 0 Å². The Balaban J connectivity index is 1.36. The molecule has 1 aliphatic rings. The highest BCUT2D eigenvalue weighted by atomic mass is 19.4. The van der Waals surface area contributed by atoms with Gasteiger partial charge in [0.15, 0.2) is 12.0 Å². The number of aromatic nitrogens is 2. The average molecular weight is 390 g/mol. The second kappa shape index (κ2) is 7.14. The molecule has 146 valence electrons. The van der Waals surface area contributed by atoms with Crippen LogP contribution in [0.2, 0.25) is 0 Å². The van der Waals surface area contributed by atoms with Crippen LogP contribution >= 0.6 is 0 Å². The van der Waals surface area contributed by atoms with Crippen LogP contribution < -0.4 is 10.2 Å². The Kier molecular flexibility index (Phi) is 4.66. The molecule has 1 aliphatic heterocycles. The largest absolute Gasteiger partial charge is 0.443 e. The minimum atomic E-state index is -4.43. The SMILES string of the molecule is O=C(Cc1ccc2ocnc2c1)N[C@@H]1CCN(c2cncc(C(F)(F)F)c2)C1. The lowest BCUT2D eigenvalue weighted by Gasteiger charge is -2.20. The Morgan fingerprint density at radius 1 is 1.29 bits per heavy atom. The molecular formula is C19H17F3N4O2. The van der Waals surface area contributed by atoms with E-state index in [0.29, 0.717) is 36.3 Å². The molecule has 0 aliphatic carbocycles. The van der Waals surface area contributed by atoms with Gasteiger partial charge in [0, 0.05) is 25.3 Å². The number of alkyl halides is 3. The van der Waals surface area contributed by atoms with Crippen molar-refractivity contribution in [3.63, 3.8) is 0 Å². The van der Waals surface area contributed by atoms with Crippen molar-refractivity contribution in [3.8, 4) is 0 Å². The third kappa shape index (κ3) is 3.92. The average Bonchev–Trinajstić information content (AvgIpc) is 3.30. The molecule has 28 heavy (non-hydrogen) atoms. The summed E-state index contributed by atoms with van der Waals surface area (Å²) in [7, 11) is 0. The fourth-order valence-electron chi connectivity index (χ4n) is 3.35. The lowest BCUT2D eigenvalue weighted by molar-refractivity contribution is -0.137. The summed E-state index contributed by atoms with van der Waals surface area (Å²) in [4.78, 5) is 21.9. The molecular weight excluding hydrogens is 373 g/mol. The zero-order valence-electron chi connectivity index (χ0n) is 14.7. The number of nitrogens with zero attached hydrogens (tertiary/aromatic N) is 3. The van der Waals surface area contributed by atoms with Gasteiger partial charge in [-0.2, -0.15) is 13.2 Å². The molecule has 1 atom stereocenters. The molecule has 3 heterocycles. The first kappa shape index (κ1) is 18.3. The molecule has 4 rings (SSSR count). The number of hydrogen-bond donors (Lipinski definition) is 1. The van der Waals surface area contributed by atoms with E-state index < -0.39 is 11.7 Å². The summed E-state index contributed by atoms with van der Waals surface area (Å²) in [5.41, 5.74) is 1.79. The van der Waals surface area contributed by atoms with Gasteiger partial charge in [0.1, 0.15) is 5.52 Å². The number of carbonyl (C=O) groups excluding carboxylic acids is 1. The Bertz CT molecular complexity index is 1000. The molecule has 0 saturated carbocycles. The maximum absolute atomic E-state index is 12.9. The van der Waals surface area contributed by atoms with Gasteiger partial charge in [-0.15, -0.1) is 0 Å². The molecule has 0 bridgehead atoms. The van der Waals surface area contributed by atoms with E-state index >= 15 is 0 Å². The summed E-state index contributed by atoms with van der Waals surface area (Å²) >= 11 is 0. The van der Waals surface area contributed by atoms with Crippen LogP contribution in [-0.2, 0) is 17.4 Å². The van der Waals surface area contributed by atoms with E-state index in [1.54, 1.807) is 17.0 Å². The van der Waals surface area contributed by atoms with Gasteiger partial charge in [-0.1, -0.05) is 6.07 Å². The molecule has 1 amide bonds. The molecule has 9 heteroatoms. The van der Waals surface area contributed by atoms with Gasteiger partial charge in [0.2, 0.25) is 5.91 Å². The number of hydrogen-bond acceptors (Lipinski definition) is 5. The van der Waals surface area contributed by atoms with Crippen molar-refractivity contribution < 1.29 is 22.4 Å². The molecule has 2 aromatic heterocycles. The van der Waals surface area contributed by atoms with Crippen LogP contribution in [0.4, 0.5) is 18.9 Å². The van der Waals surface area contributed by atoms with Gasteiger partial charge in [0.05, 0.1) is 23.9 Å². The van der Waals surface area contributed by atoms with E-state index in [2.05, 4.69) is 15.3 Å². The van der Waals surface area contributed by atoms with Crippen molar-refractivity contribution in [2.75, 3.05) is 18.0 Å². The number of benzene rings is 1. The molecule has 1 saturated heterocycles. The minimum Gasteiger partial charge on any atom is -0.443 e. The summed E-state index contributed by atoms with van der Waals surface area (Å²) < 4.78 is 43.8. The van der Waals surface area contributed by atoms with E-state index in [0.717, 1.165) is 17.8 Å². The predicted molar refractivity (Wildman–Crippen MR) is 95.7 cm³/mol. The van der Waals surface area contributed by atoms with Crippen molar-refractivity contribution in [2.45, 2.75) is 25.1 Å². The van der Waals surface area contributed by atoms with Gasteiger partial charge in [-0.3, -0.25) is 9.78 Å². The van der Waals surface area contributed by atoms with Crippen LogP contribution in [0.5, 0.6) is 0 Å². The van der Waals surface area contributed by atoms with Crippen molar-refractivity contribution in [1.29, 1.82) is 0 Å². The number of rotatable bonds is 4. The smallest absolute Gasteiger partial charge is 0.417 e. The quantitative estimate of drug-likeness (QED) is 0.741. The standard InChI is InChI=1S/C19H17F3N4O2/c20-19(21,22)13-7-15(9-23-8-13)26-4-3-14(10-26)25-18(27)6-12-1-2-17-16(5-12)24-11-28-17/h1-2,5,7-9,11,14H,3-4,6,10H2,(H,25,27)/t14-/m1/s1. The minimum absolute atomic E-state index is 0.127. The van der Waals surface area contributed by atoms with E-state index in [4.69, 9.17) is 4.42 Å². The van der Waals surface area contributed by atoms with Crippen LogP contribution in [0.15, 0.2) is 47.5 Å². The van der Waals surface area contributed by atoms with Crippen LogP contribution in [-0.4, -0.2) is 35.0 Å². The van der Waals surface area contributed by atoms with Crippen molar-refractivity contribution in [1.82, 2.24) is 15.3 Å². The van der Waals surface area contributed by atoms with E-state index in [1.165, 1.54) is 12.6 Å². The van der Waals surface area contributed by atoms with Gasteiger partial charge in [-0.25, -0.2) is 4.98 Å². The molecule has 1 aromatic carbocycles. The van der Waals surface area contributed by atoms with E-state index in [9.17, 15) is 18.0 Å². The summed E-state index contributed by atoms with van der Waals surface area (Å²) in [6.07, 6.45) is -0.00259. The number of amides is 1. The van der Waals surface area contributed by atoms with Gasteiger partial charge in [-0.05, 0) is 30.2 Å². The summed E-state index contributed by atoms with van der Waals surface area (Å²) in [6.45, 7) is 0.996. The number of anilines is 1. The fourth-order valence-corrected chi connectivity index (χ4v) is 3.35. The zero-order chi connectivity index (χ0) is 19.7. The molecule has 6 nitrogen and oxygen atoms in total. The molecule has 3 aromatic rings. The number of nitrogens with one attached hydrogen (secondary N) is 1. The zero-order valence-corrected chi connectivity index (χ0v) is 14.7. The van der Waals surface area contributed by atoms with Crippen LogP contribution in [0.1, 0.15) is 17.5 Å². The lowest BCUT2D eigenvalue weighted by Crippen LogP contribution is -2.38. The van der Waals surface area contributed by atoms with E-state index in [-0.39, 0.29) is 18.4 Å². The molecule has 0 radical (unpaired) electrons. The topological polar surface area (TPSA) is 71.3 Å². The predicted octanol–water partition coefficient (Wildman–Crippen LogP) is 3.18. The molecule has 1 N–H and O–H groups in total. The van der Waals surface area contributed by atoms with E-state index in [1.807, 2.05) is 6.07 Å². The fraction of sp³-hybridized carbons (Fsp3) is 0.316. The van der Waals surface area contributed by atoms with Crippen LogP contribution in [0.25, 0.3) is 11.1 Å². The highest BCUT2D eigenvalue weighted by Gasteiger charge is 2.32. The second-order valence-corrected chi connectivity index (χ2v) is 6.76. The summed E-state index contributed by atoms with van der Waals surface area (Å²) in [6, 6.07) is 6.33. The summed E-state index contributed by atoms with van der Waals surface area (Å²) in [5.74, 6) is -0.142. The van der Waals surface area contributed by atoms with Crippen molar-refractivity contribution in [3.05, 3.63) is 54.2 Å². The number of carbonyl (C=O) groups is 1. The highest BCUT2D eigenvalue weighted by molar-refractivity contribution is 5.81. The lowest BCUT2D eigenvalue weighted by atomic mass is 10.1. The first-order valence-electron chi connectivity index (χ1n) is 8.77. The Labute approximate surface area is 158 Å². The maximum atomic E-state index is 12.9. The van der Waals surface area contributed by atoms with Gasteiger partial charge >= 0.3 is 6.18 Å². The second-order valence-electron chi connectivity index (χ2n) is 6.76. The van der Waals surface area contributed by atoms with Gasteiger partial charge in [0.25, 0.3) is 0 Å². The Hall–Kier alpha value is -3.10. The number of pyridine rings is 1. The van der Waals surface area contributed by atoms with Crippen LogP contribution in [0, 0.1) is 0 Å². The molecule has 0 spiro atoms. The number of fused-ring (bicyclic) bond motifs is 1. The third-order valence-electron chi connectivity index (χ3n) is 4.73. The number of halogens is 3. The molecule has 1 fully saturated rings. The Morgan fingerprint density at radius 3 is 2.96 bits per heavy atom. The van der Waals surface area contributed by atoms with Crippen molar-refractivity contribution >= 4 is 22.7 Å². The monoisotopic (exact) mass is 390 g/mol. The van der Waals surface area contributed by atoms with Gasteiger partial charge < -0.3 is 14.6 Å². The number of oxazole rings is 1. The third-order valence-corrected chi connectivity index (χ3v) is 4.73. The first-order chi connectivity index (χ1) is 13.4. The first-order valence-corrected chi connectivity index (χ1v) is 8.77. The maximum Gasteiger partial charge on any atom is 0.417 e. The molecule has 0 unspecified atom stereocenters. The van der Waals surface area contributed by atoms with Crippen molar-refractivity contribution in [2.24, 2.45) is 0 Å².